The van der Waals surface area contributed by atoms with Gasteiger partial charge in [0, 0.05) is 0 Å². The largest absolute Gasteiger partial charge is 0.482 e. The van der Waals surface area contributed by atoms with Crippen LogP contribution in [0.4, 0.5) is 15.8 Å². The van der Waals surface area contributed by atoms with Crippen LogP contribution in [0.1, 0.15) is 0 Å². The van der Waals surface area contributed by atoms with Crippen LogP contribution in [0.2, 0.25) is 5.02 Å². The summed E-state index contributed by atoms with van der Waals surface area (Å²) in [5.41, 5.74) is 2.78. The Hall–Kier alpha value is -2.70. The molecule has 0 unspecified atom stereocenters. The van der Waals surface area contributed by atoms with Crippen LogP contribution in [0.3, 0.4) is 0 Å². The van der Waals surface area contributed by atoms with Crippen LogP contribution in [0.15, 0.2) is 65.6 Å². The van der Waals surface area contributed by atoms with Gasteiger partial charge in [0.25, 0.3) is 5.91 Å². The van der Waals surface area contributed by atoms with E-state index in [-0.39, 0.29) is 18.3 Å². The number of hydrogen-bond acceptors (Lipinski definition) is 4. The molecule has 0 fully saturated rings. The number of halogens is 2. The van der Waals surface area contributed by atoms with Gasteiger partial charge >= 0.3 is 0 Å². The van der Waals surface area contributed by atoms with E-state index in [0.717, 1.165) is 11.1 Å². The molecule has 7 heteroatoms. The summed E-state index contributed by atoms with van der Waals surface area (Å²) in [6.07, 6.45) is 0. The number of nitrogens with one attached hydrogen (secondary N) is 2. The molecular weight excluding hydrogens is 387 g/mol. The molecule has 0 spiro atoms. The fourth-order valence-corrected chi connectivity index (χ4v) is 3.66. The van der Waals surface area contributed by atoms with Gasteiger partial charge in [-0.1, -0.05) is 48.0 Å². The van der Waals surface area contributed by atoms with Crippen LogP contribution < -0.4 is 14.8 Å². The molecule has 0 aliphatic carbocycles. The highest BCUT2D eigenvalue weighted by molar-refractivity contribution is 8.00. The van der Waals surface area contributed by atoms with Crippen LogP contribution in [0.25, 0.3) is 11.1 Å². The predicted molar refractivity (Wildman–Crippen MR) is 107 cm³/mol. The van der Waals surface area contributed by atoms with Crippen LogP contribution in [0, 0.1) is 5.82 Å². The predicted octanol–water partition coefficient (Wildman–Crippen LogP) is 5.60. The van der Waals surface area contributed by atoms with Crippen molar-refractivity contribution < 1.29 is 13.9 Å². The van der Waals surface area contributed by atoms with Crippen molar-refractivity contribution in [2.45, 2.75) is 4.90 Å². The normalized spacial score (nSPS) is 12.7. The molecule has 136 valence electrons. The third-order valence-electron chi connectivity index (χ3n) is 4.01. The van der Waals surface area contributed by atoms with Crippen molar-refractivity contribution in [2.24, 2.45) is 0 Å². The molecule has 0 saturated heterocycles. The Morgan fingerprint density at radius 2 is 1.89 bits per heavy atom. The van der Waals surface area contributed by atoms with Crippen molar-refractivity contribution in [1.29, 1.82) is 0 Å². The molecule has 0 radical (unpaired) electrons. The first-order valence-electron chi connectivity index (χ1n) is 8.14. The zero-order valence-electron chi connectivity index (χ0n) is 14.0. The smallest absolute Gasteiger partial charge is 0.262 e. The van der Waals surface area contributed by atoms with Crippen molar-refractivity contribution in [3.63, 3.8) is 0 Å². The highest BCUT2D eigenvalue weighted by Crippen LogP contribution is 2.39. The van der Waals surface area contributed by atoms with Crippen LogP contribution in [-0.4, -0.2) is 12.5 Å². The van der Waals surface area contributed by atoms with E-state index in [0.29, 0.717) is 27.0 Å². The Kier molecular flexibility index (Phi) is 4.92. The van der Waals surface area contributed by atoms with Gasteiger partial charge in [-0.25, -0.2) is 4.39 Å². The molecule has 3 aromatic carbocycles. The van der Waals surface area contributed by atoms with E-state index in [1.807, 2.05) is 30.3 Å². The Bertz CT molecular complexity index is 1010. The van der Waals surface area contributed by atoms with Gasteiger partial charge in [0.2, 0.25) is 0 Å². The minimum atomic E-state index is -0.361. The van der Waals surface area contributed by atoms with Gasteiger partial charge in [0.1, 0.15) is 11.6 Å². The topological polar surface area (TPSA) is 50.4 Å². The number of fused-ring (bicyclic) bond motifs is 1. The molecule has 0 aromatic heterocycles. The van der Waals surface area contributed by atoms with E-state index in [4.69, 9.17) is 16.3 Å². The molecule has 1 heterocycles. The van der Waals surface area contributed by atoms with Crippen molar-refractivity contribution >= 4 is 40.8 Å². The number of amides is 1. The molecule has 4 nitrogen and oxygen atoms in total. The average molecular weight is 401 g/mol. The Morgan fingerprint density at radius 3 is 2.70 bits per heavy atom. The number of rotatable bonds is 4. The van der Waals surface area contributed by atoms with Crippen molar-refractivity contribution in [1.82, 2.24) is 0 Å². The van der Waals surface area contributed by atoms with Crippen LogP contribution in [-0.2, 0) is 4.79 Å². The van der Waals surface area contributed by atoms with Gasteiger partial charge in [-0.3, -0.25) is 4.79 Å². The maximum Gasteiger partial charge on any atom is 0.262 e. The molecule has 3 aromatic rings. The Labute approximate surface area is 164 Å². The molecule has 0 saturated carbocycles. The van der Waals surface area contributed by atoms with Crippen LogP contribution in [0.5, 0.6) is 5.75 Å². The number of carbonyl (C=O) groups is 1. The molecule has 1 aliphatic rings. The molecule has 0 bridgehead atoms. The third-order valence-corrected chi connectivity index (χ3v) is 5.32. The van der Waals surface area contributed by atoms with Gasteiger partial charge in [-0.15, -0.1) is 0 Å². The van der Waals surface area contributed by atoms with Crippen LogP contribution >= 0.6 is 23.5 Å². The summed E-state index contributed by atoms with van der Waals surface area (Å²) in [7, 11) is 0. The van der Waals surface area contributed by atoms with E-state index in [9.17, 15) is 9.18 Å². The van der Waals surface area contributed by atoms with E-state index >= 15 is 0 Å². The lowest BCUT2D eigenvalue weighted by molar-refractivity contribution is -0.118. The van der Waals surface area contributed by atoms with Crippen molar-refractivity contribution in [3.05, 3.63) is 71.5 Å². The second-order valence-electron chi connectivity index (χ2n) is 5.88. The summed E-state index contributed by atoms with van der Waals surface area (Å²) in [4.78, 5) is 12.0. The quantitative estimate of drug-likeness (QED) is 0.560. The second kappa shape index (κ2) is 7.50. The summed E-state index contributed by atoms with van der Waals surface area (Å²) in [5.74, 6) is -0.0570. The van der Waals surface area contributed by atoms with Crippen molar-refractivity contribution in [2.75, 3.05) is 16.6 Å². The lowest BCUT2D eigenvalue weighted by Crippen LogP contribution is -2.25. The zero-order valence-corrected chi connectivity index (χ0v) is 15.5. The summed E-state index contributed by atoms with van der Waals surface area (Å²) in [6.45, 7) is -0.0417. The lowest BCUT2D eigenvalue weighted by Gasteiger charge is -2.19. The Balaban J connectivity index is 1.56. The number of benzene rings is 3. The minimum absolute atomic E-state index is 0.0417. The summed E-state index contributed by atoms with van der Waals surface area (Å²) in [5, 5.41) is 3.13. The lowest BCUT2D eigenvalue weighted by atomic mass is 10.1. The van der Waals surface area contributed by atoms with Gasteiger partial charge in [0.15, 0.2) is 6.61 Å². The molecule has 1 aliphatic heterocycles. The molecule has 27 heavy (non-hydrogen) atoms. The molecule has 1 amide bonds. The highest BCUT2D eigenvalue weighted by Gasteiger charge is 2.18. The molecule has 2 N–H and O–H groups in total. The van der Waals surface area contributed by atoms with Crippen molar-refractivity contribution in [3.8, 4) is 16.9 Å². The summed E-state index contributed by atoms with van der Waals surface area (Å²) >= 11 is 7.46. The fraction of sp³-hybridized carbons (Fsp3) is 0.0500. The molecular formula is C20H14ClFN2O2S. The monoisotopic (exact) mass is 400 g/mol. The van der Waals surface area contributed by atoms with E-state index < -0.39 is 0 Å². The molecule has 0 atom stereocenters. The van der Waals surface area contributed by atoms with Gasteiger partial charge in [-0.05, 0) is 47.3 Å². The average Bonchev–Trinajstić information content (AvgIpc) is 2.68. The SMILES string of the molecule is O=C1COc2cc(SNc3cc(-c4ccccc4)ccc3F)c(Cl)cc2N1. The summed E-state index contributed by atoms with van der Waals surface area (Å²) in [6, 6.07) is 18.0. The first kappa shape index (κ1) is 17.7. The maximum atomic E-state index is 14.2. The van der Waals surface area contributed by atoms with E-state index in [2.05, 4.69) is 10.0 Å². The number of hydrogen-bond donors (Lipinski definition) is 2. The minimum Gasteiger partial charge on any atom is -0.482 e. The standard InChI is InChI=1S/C20H14ClFN2O2S/c21-14-9-17-18(26-11-20(25)23-17)10-19(14)27-24-16-8-13(6-7-15(16)22)12-4-2-1-3-5-12/h1-10,24H,11H2,(H,23,25). The number of carbonyl (C=O) groups excluding carboxylic acids is 1. The Morgan fingerprint density at radius 1 is 1.07 bits per heavy atom. The number of anilines is 2. The highest BCUT2D eigenvalue weighted by atomic mass is 35.5. The second-order valence-corrected chi connectivity index (χ2v) is 7.14. The van der Waals surface area contributed by atoms with Gasteiger partial charge < -0.3 is 14.8 Å². The van der Waals surface area contributed by atoms with E-state index in [1.165, 1.54) is 18.0 Å². The first-order chi connectivity index (χ1) is 13.1. The number of ether oxygens (including phenoxy) is 1. The summed E-state index contributed by atoms with van der Waals surface area (Å²) < 4.78 is 22.6. The third kappa shape index (κ3) is 3.86. The first-order valence-corrected chi connectivity index (χ1v) is 9.33. The zero-order chi connectivity index (χ0) is 18.8. The fourth-order valence-electron chi connectivity index (χ4n) is 2.68. The molecule has 4 rings (SSSR count). The van der Waals surface area contributed by atoms with E-state index in [1.54, 1.807) is 24.3 Å². The maximum absolute atomic E-state index is 14.2. The van der Waals surface area contributed by atoms with Gasteiger partial charge in [0.05, 0.1) is 21.3 Å². The van der Waals surface area contributed by atoms with Gasteiger partial charge in [-0.2, -0.15) is 0 Å².